The van der Waals surface area contributed by atoms with Crippen molar-refractivity contribution in [2.75, 3.05) is 18.9 Å². The minimum Gasteiger partial charge on any atom is -0.395 e. The van der Waals surface area contributed by atoms with Crippen LogP contribution < -0.4 is 5.73 Å². The molecule has 110 valence electrons. The summed E-state index contributed by atoms with van der Waals surface area (Å²) in [4.78, 5) is 14.8. The first-order valence-corrected chi connectivity index (χ1v) is 7.31. The molecule has 2 fully saturated rings. The van der Waals surface area contributed by atoms with Gasteiger partial charge in [-0.15, -0.1) is 0 Å². The Morgan fingerprint density at radius 1 is 1.40 bits per heavy atom. The molecule has 2 heterocycles. The standard InChI is InChI=1S/C14H22N4O2/c1-9-12(15)13(17(2)16-9)14(19)18-7-8-20-11-6-4-3-5-10(11)18/h10-11H,3-8,15H2,1-2H3. The van der Waals surface area contributed by atoms with E-state index in [0.29, 0.717) is 30.2 Å². The van der Waals surface area contributed by atoms with Crippen molar-refractivity contribution < 1.29 is 9.53 Å². The molecule has 2 unspecified atom stereocenters. The van der Waals surface area contributed by atoms with Crippen LogP contribution in [-0.4, -0.2) is 45.9 Å². The predicted molar refractivity (Wildman–Crippen MR) is 75.4 cm³/mol. The maximum absolute atomic E-state index is 12.8. The summed E-state index contributed by atoms with van der Waals surface area (Å²) in [5.74, 6) is -0.00852. The number of morpholine rings is 1. The van der Waals surface area contributed by atoms with E-state index in [-0.39, 0.29) is 18.1 Å². The smallest absolute Gasteiger partial charge is 0.274 e. The number of aromatic nitrogens is 2. The molecule has 1 amide bonds. The predicted octanol–water partition coefficient (Wildman–Crippen LogP) is 1.09. The molecular formula is C14H22N4O2. The molecule has 20 heavy (non-hydrogen) atoms. The van der Waals surface area contributed by atoms with Gasteiger partial charge in [0.1, 0.15) is 5.69 Å². The Labute approximate surface area is 118 Å². The topological polar surface area (TPSA) is 73.4 Å². The van der Waals surface area contributed by atoms with Crippen molar-refractivity contribution in [3.63, 3.8) is 0 Å². The summed E-state index contributed by atoms with van der Waals surface area (Å²) in [6, 6.07) is 0.194. The normalized spacial score (nSPS) is 26.4. The van der Waals surface area contributed by atoms with E-state index >= 15 is 0 Å². The Balaban J connectivity index is 1.89. The van der Waals surface area contributed by atoms with Gasteiger partial charge in [-0.3, -0.25) is 9.48 Å². The van der Waals surface area contributed by atoms with Gasteiger partial charge in [0, 0.05) is 13.6 Å². The van der Waals surface area contributed by atoms with Gasteiger partial charge in [-0.1, -0.05) is 12.8 Å². The Morgan fingerprint density at radius 2 is 2.15 bits per heavy atom. The maximum Gasteiger partial charge on any atom is 0.274 e. The number of carbonyl (C=O) groups is 1. The lowest BCUT2D eigenvalue weighted by Crippen LogP contribution is -2.55. The molecule has 2 atom stereocenters. The Bertz CT molecular complexity index is 523. The number of nitrogens with zero attached hydrogens (tertiary/aromatic N) is 3. The highest BCUT2D eigenvalue weighted by atomic mass is 16.5. The van der Waals surface area contributed by atoms with Crippen molar-refractivity contribution in [2.45, 2.75) is 44.8 Å². The van der Waals surface area contributed by atoms with Gasteiger partial charge in [-0.25, -0.2) is 0 Å². The first-order chi connectivity index (χ1) is 9.59. The zero-order valence-corrected chi connectivity index (χ0v) is 12.1. The molecule has 6 heteroatoms. The number of hydrogen-bond donors (Lipinski definition) is 1. The second-order valence-corrected chi connectivity index (χ2v) is 5.73. The van der Waals surface area contributed by atoms with Crippen molar-refractivity contribution in [1.29, 1.82) is 0 Å². The van der Waals surface area contributed by atoms with Crippen molar-refractivity contribution in [1.82, 2.24) is 14.7 Å². The molecule has 1 saturated heterocycles. The highest BCUT2D eigenvalue weighted by Crippen LogP contribution is 2.30. The Kier molecular flexibility index (Phi) is 3.41. The molecule has 0 spiro atoms. The number of nitrogen functional groups attached to an aromatic ring is 1. The number of carbonyl (C=O) groups excluding carboxylic acids is 1. The van der Waals surface area contributed by atoms with Crippen LogP contribution in [0.2, 0.25) is 0 Å². The van der Waals surface area contributed by atoms with Gasteiger partial charge in [0.05, 0.1) is 30.1 Å². The number of anilines is 1. The number of fused-ring (bicyclic) bond motifs is 1. The second kappa shape index (κ2) is 5.09. The fourth-order valence-electron chi connectivity index (χ4n) is 3.41. The molecule has 2 N–H and O–H groups in total. The van der Waals surface area contributed by atoms with Gasteiger partial charge in [0.25, 0.3) is 5.91 Å². The summed E-state index contributed by atoms with van der Waals surface area (Å²) < 4.78 is 7.41. The molecule has 0 aromatic carbocycles. The average molecular weight is 278 g/mol. The maximum atomic E-state index is 12.8. The molecular weight excluding hydrogens is 256 g/mol. The third kappa shape index (κ3) is 2.08. The average Bonchev–Trinajstić information content (AvgIpc) is 2.71. The number of nitrogens with two attached hydrogens (primary N) is 1. The molecule has 1 saturated carbocycles. The summed E-state index contributed by atoms with van der Waals surface area (Å²) in [7, 11) is 1.77. The van der Waals surface area contributed by atoms with Crippen LogP contribution in [0.1, 0.15) is 41.9 Å². The van der Waals surface area contributed by atoms with Gasteiger partial charge in [-0.05, 0) is 19.8 Å². The lowest BCUT2D eigenvalue weighted by atomic mass is 9.90. The van der Waals surface area contributed by atoms with Crippen LogP contribution in [0, 0.1) is 6.92 Å². The van der Waals surface area contributed by atoms with Crippen LogP contribution in [0.3, 0.4) is 0 Å². The van der Waals surface area contributed by atoms with Gasteiger partial charge in [-0.2, -0.15) is 5.10 Å². The fraction of sp³-hybridized carbons (Fsp3) is 0.714. The number of hydrogen-bond acceptors (Lipinski definition) is 4. The number of rotatable bonds is 1. The summed E-state index contributed by atoms with van der Waals surface area (Å²) in [6.45, 7) is 3.09. The SMILES string of the molecule is Cc1nn(C)c(C(=O)N2CCOC3CCCCC32)c1N. The fourth-order valence-corrected chi connectivity index (χ4v) is 3.41. The van der Waals surface area contributed by atoms with Crippen molar-refractivity contribution >= 4 is 11.6 Å². The Hall–Kier alpha value is -1.56. The summed E-state index contributed by atoms with van der Waals surface area (Å²) in [5, 5.41) is 4.24. The van der Waals surface area contributed by atoms with Crippen molar-refractivity contribution in [3.8, 4) is 0 Å². The first kappa shape index (κ1) is 13.4. The van der Waals surface area contributed by atoms with Crippen molar-refractivity contribution in [3.05, 3.63) is 11.4 Å². The zero-order valence-electron chi connectivity index (χ0n) is 12.1. The van der Waals surface area contributed by atoms with Gasteiger partial charge < -0.3 is 15.4 Å². The lowest BCUT2D eigenvalue weighted by molar-refractivity contribution is -0.0755. The van der Waals surface area contributed by atoms with Gasteiger partial charge >= 0.3 is 0 Å². The highest BCUT2D eigenvalue weighted by Gasteiger charge is 2.38. The number of aryl methyl sites for hydroxylation is 2. The van der Waals surface area contributed by atoms with E-state index in [1.165, 1.54) is 6.42 Å². The third-order valence-corrected chi connectivity index (χ3v) is 4.46. The molecule has 1 aromatic heterocycles. The minimum atomic E-state index is -0.00852. The molecule has 1 aliphatic carbocycles. The largest absolute Gasteiger partial charge is 0.395 e. The van der Waals surface area contributed by atoms with Gasteiger partial charge in [0.2, 0.25) is 0 Å². The van der Waals surface area contributed by atoms with E-state index in [9.17, 15) is 4.79 Å². The van der Waals surface area contributed by atoms with Gasteiger partial charge in [0.15, 0.2) is 0 Å². The molecule has 2 aliphatic rings. The molecule has 0 radical (unpaired) electrons. The summed E-state index contributed by atoms with van der Waals surface area (Å²) in [6.07, 6.45) is 4.61. The van der Waals surface area contributed by atoms with Crippen LogP contribution >= 0.6 is 0 Å². The quantitative estimate of drug-likeness (QED) is 0.834. The third-order valence-electron chi connectivity index (χ3n) is 4.46. The molecule has 1 aliphatic heterocycles. The van der Waals surface area contributed by atoms with E-state index in [1.807, 2.05) is 11.8 Å². The van der Waals surface area contributed by atoms with E-state index in [4.69, 9.17) is 10.5 Å². The van der Waals surface area contributed by atoms with Crippen LogP contribution in [0.15, 0.2) is 0 Å². The molecule has 6 nitrogen and oxygen atoms in total. The number of amides is 1. The second-order valence-electron chi connectivity index (χ2n) is 5.73. The monoisotopic (exact) mass is 278 g/mol. The molecule has 0 bridgehead atoms. The van der Waals surface area contributed by atoms with Crippen molar-refractivity contribution in [2.24, 2.45) is 7.05 Å². The number of ether oxygens (including phenoxy) is 1. The van der Waals surface area contributed by atoms with Crippen LogP contribution in [0.4, 0.5) is 5.69 Å². The minimum absolute atomic E-state index is 0.00852. The summed E-state index contributed by atoms with van der Waals surface area (Å²) in [5.41, 5.74) is 7.73. The van der Waals surface area contributed by atoms with E-state index < -0.39 is 0 Å². The van der Waals surface area contributed by atoms with Crippen LogP contribution in [-0.2, 0) is 11.8 Å². The zero-order chi connectivity index (χ0) is 14.3. The molecule has 1 aromatic rings. The summed E-state index contributed by atoms with van der Waals surface area (Å²) >= 11 is 0. The highest BCUT2D eigenvalue weighted by molar-refractivity contribution is 5.98. The van der Waals surface area contributed by atoms with Crippen LogP contribution in [0.5, 0.6) is 0 Å². The molecule has 3 rings (SSSR count). The van der Waals surface area contributed by atoms with Crippen LogP contribution in [0.25, 0.3) is 0 Å². The first-order valence-electron chi connectivity index (χ1n) is 7.31. The van der Waals surface area contributed by atoms with E-state index in [2.05, 4.69) is 5.10 Å². The van der Waals surface area contributed by atoms with E-state index in [0.717, 1.165) is 19.3 Å². The Morgan fingerprint density at radius 3 is 2.85 bits per heavy atom. The lowest BCUT2D eigenvalue weighted by Gasteiger charge is -2.43. The van der Waals surface area contributed by atoms with E-state index in [1.54, 1.807) is 11.7 Å².